The zero-order chi connectivity index (χ0) is 22.7. The second kappa shape index (κ2) is 7.19. The van der Waals surface area contributed by atoms with Gasteiger partial charge in [0.15, 0.2) is 0 Å². The Kier molecular flexibility index (Phi) is 4.99. The fraction of sp³-hybridized carbons (Fsp3) is 0.286. The molecule has 2 aromatic carbocycles. The first kappa shape index (κ1) is 21.5. The lowest BCUT2D eigenvalue weighted by atomic mass is 9.89. The van der Waals surface area contributed by atoms with Gasteiger partial charge < -0.3 is 9.88 Å². The lowest BCUT2D eigenvalue weighted by Gasteiger charge is -2.31. The molecule has 164 valence electrons. The van der Waals surface area contributed by atoms with E-state index in [2.05, 4.69) is 4.98 Å². The second-order valence-corrected chi connectivity index (χ2v) is 7.91. The van der Waals surface area contributed by atoms with E-state index >= 15 is 0 Å². The van der Waals surface area contributed by atoms with Crippen LogP contribution in [-0.2, 0) is 6.18 Å². The van der Waals surface area contributed by atoms with Gasteiger partial charge in [0.05, 0.1) is 22.1 Å². The molecule has 2 heterocycles. The van der Waals surface area contributed by atoms with Crippen LogP contribution in [0, 0.1) is 0 Å². The summed E-state index contributed by atoms with van der Waals surface area (Å²) in [7, 11) is 0. The molecular formula is C21H15ClF6N2O. The smallest absolute Gasteiger partial charge is 0.355 e. The highest BCUT2D eigenvalue weighted by molar-refractivity contribution is 6.35. The second-order valence-electron chi connectivity index (χ2n) is 7.50. The molecule has 1 N–H and O–H groups in total. The van der Waals surface area contributed by atoms with Crippen LogP contribution in [0.15, 0.2) is 47.3 Å². The van der Waals surface area contributed by atoms with Gasteiger partial charge in [-0.3, -0.25) is 4.79 Å². The Morgan fingerprint density at radius 2 is 1.77 bits per heavy atom. The van der Waals surface area contributed by atoms with Gasteiger partial charge in [-0.05, 0) is 35.4 Å². The van der Waals surface area contributed by atoms with E-state index in [1.54, 1.807) is 6.92 Å². The molecule has 10 heteroatoms. The van der Waals surface area contributed by atoms with Gasteiger partial charge in [-0.2, -0.15) is 26.3 Å². The summed E-state index contributed by atoms with van der Waals surface area (Å²) < 4.78 is 80.0. The number of nitrogens with one attached hydrogen (secondary N) is 1. The maximum atomic E-state index is 13.4. The fourth-order valence-electron chi connectivity index (χ4n) is 4.36. The van der Waals surface area contributed by atoms with Crippen molar-refractivity contribution in [3.63, 3.8) is 0 Å². The van der Waals surface area contributed by atoms with Gasteiger partial charge in [-0.1, -0.05) is 30.7 Å². The number of pyridine rings is 1. The molecule has 0 spiro atoms. The van der Waals surface area contributed by atoms with Crippen LogP contribution < -0.4 is 10.5 Å². The van der Waals surface area contributed by atoms with Crippen molar-refractivity contribution in [2.75, 3.05) is 11.4 Å². The molecule has 0 bridgehead atoms. The highest BCUT2D eigenvalue weighted by atomic mass is 35.5. The molecule has 0 amide bonds. The number of aromatic amines is 1. The number of H-pyrrole nitrogens is 1. The highest BCUT2D eigenvalue weighted by Crippen LogP contribution is 2.53. The Balaban J connectivity index is 1.95. The average Bonchev–Trinajstić information content (AvgIpc) is 2.91. The first-order chi connectivity index (χ1) is 14.4. The Hall–Kier alpha value is -2.68. The van der Waals surface area contributed by atoms with Gasteiger partial charge >= 0.3 is 12.4 Å². The Bertz CT molecular complexity index is 1220. The SMILES string of the molecule is CC1c2c(ccc3[nH]c(=O)cc(Cl)c23)N(CC(F)(F)F)C1c1cccc(C(F)(F)F)c1. The number of anilines is 1. The minimum atomic E-state index is -4.63. The number of aromatic nitrogens is 1. The molecule has 3 aromatic rings. The van der Waals surface area contributed by atoms with Crippen molar-refractivity contribution in [3.8, 4) is 0 Å². The number of fused-ring (bicyclic) bond motifs is 3. The summed E-state index contributed by atoms with van der Waals surface area (Å²) in [5.41, 5.74) is -0.285. The zero-order valence-electron chi connectivity index (χ0n) is 15.9. The molecule has 31 heavy (non-hydrogen) atoms. The molecular weight excluding hydrogens is 446 g/mol. The molecule has 1 aromatic heterocycles. The quantitative estimate of drug-likeness (QED) is 0.447. The maximum Gasteiger partial charge on any atom is 0.416 e. The monoisotopic (exact) mass is 460 g/mol. The van der Waals surface area contributed by atoms with Crippen LogP contribution in [-0.4, -0.2) is 17.7 Å². The molecule has 0 radical (unpaired) electrons. The number of hydrogen-bond acceptors (Lipinski definition) is 2. The van der Waals surface area contributed by atoms with Crippen LogP contribution in [0.25, 0.3) is 10.9 Å². The number of alkyl halides is 6. The number of nitrogens with zero attached hydrogens (tertiary/aromatic N) is 1. The fourth-order valence-corrected chi connectivity index (χ4v) is 4.66. The molecule has 0 fully saturated rings. The van der Waals surface area contributed by atoms with E-state index in [-0.39, 0.29) is 16.3 Å². The number of halogens is 7. The van der Waals surface area contributed by atoms with Gasteiger partial charge in [0.2, 0.25) is 5.56 Å². The molecule has 4 rings (SSSR count). The predicted octanol–water partition coefficient (Wildman–Crippen LogP) is 6.43. The van der Waals surface area contributed by atoms with Crippen LogP contribution in [0.3, 0.4) is 0 Å². The Morgan fingerprint density at radius 1 is 1.06 bits per heavy atom. The van der Waals surface area contributed by atoms with Gasteiger partial charge in [0.1, 0.15) is 6.54 Å². The normalized spacial score (nSPS) is 19.2. The third kappa shape index (κ3) is 3.86. The van der Waals surface area contributed by atoms with Crippen LogP contribution in [0.5, 0.6) is 0 Å². The minimum absolute atomic E-state index is 0.0686. The third-order valence-corrected chi connectivity index (χ3v) is 5.75. The van der Waals surface area contributed by atoms with Crippen molar-refractivity contribution >= 4 is 28.2 Å². The van der Waals surface area contributed by atoms with E-state index in [1.165, 1.54) is 24.3 Å². The van der Waals surface area contributed by atoms with E-state index in [0.717, 1.165) is 23.1 Å². The largest absolute Gasteiger partial charge is 0.416 e. The van der Waals surface area contributed by atoms with Crippen LogP contribution in [0.4, 0.5) is 32.0 Å². The predicted molar refractivity (Wildman–Crippen MR) is 106 cm³/mol. The van der Waals surface area contributed by atoms with Crippen molar-refractivity contribution < 1.29 is 26.3 Å². The molecule has 3 nitrogen and oxygen atoms in total. The van der Waals surface area contributed by atoms with Crippen molar-refractivity contribution in [1.82, 2.24) is 4.98 Å². The summed E-state index contributed by atoms with van der Waals surface area (Å²) in [6.45, 7) is 0.290. The average molecular weight is 461 g/mol. The van der Waals surface area contributed by atoms with Crippen molar-refractivity contribution in [2.45, 2.75) is 31.2 Å². The summed E-state index contributed by atoms with van der Waals surface area (Å²) in [5, 5.41) is 0.451. The van der Waals surface area contributed by atoms with Crippen molar-refractivity contribution in [2.24, 2.45) is 0 Å². The summed E-state index contributed by atoms with van der Waals surface area (Å²) in [5.74, 6) is -0.632. The number of hydrogen-bond donors (Lipinski definition) is 1. The Morgan fingerprint density at radius 3 is 2.42 bits per heavy atom. The van der Waals surface area contributed by atoms with Crippen LogP contribution in [0.2, 0.25) is 5.02 Å². The van der Waals surface area contributed by atoms with E-state index in [4.69, 9.17) is 11.6 Å². The van der Waals surface area contributed by atoms with Gasteiger partial charge in [-0.15, -0.1) is 0 Å². The molecule has 2 atom stereocenters. The molecule has 0 aliphatic carbocycles. The molecule has 0 saturated carbocycles. The first-order valence-electron chi connectivity index (χ1n) is 9.23. The van der Waals surface area contributed by atoms with E-state index in [0.29, 0.717) is 16.5 Å². The Labute approximate surface area is 177 Å². The zero-order valence-corrected chi connectivity index (χ0v) is 16.7. The third-order valence-electron chi connectivity index (χ3n) is 5.46. The number of benzene rings is 2. The van der Waals surface area contributed by atoms with Crippen LogP contribution >= 0.6 is 11.6 Å². The highest BCUT2D eigenvalue weighted by Gasteiger charge is 2.44. The molecule has 1 aliphatic heterocycles. The van der Waals surface area contributed by atoms with E-state index in [1.807, 2.05) is 0 Å². The van der Waals surface area contributed by atoms with E-state index in [9.17, 15) is 31.1 Å². The lowest BCUT2D eigenvalue weighted by Crippen LogP contribution is -2.35. The summed E-state index contributed by atoms with van der Waals surface area (Å²) >= 11 is 6.26. The summed E-state index contributed by atoms with van der Waals surface area (Å²) in [4.78, 5) is 15.4. The minimum Gasteiger partial charge on any atom is -0.355 e. The lowest BCUT2D eigenvalue weighted by molar-refractivity contribution is -0.137. The van der Waals surface area contributed by atoms with Gasteiger partial charge in [0, 0.05) is 23.1 Å². The maximum absolute atomic E-state index is 13.4. The van der Waals surface area contributed by atoms with Crippen LogP contribution in [0.1, 0.15) is 35.6 Å². The van der Waals surface area contributed by atoms with Crippen molar-refractivity contribution in [3.05, 3.63) is 74.5 Å². The topological polar surface area (TPSA) is 36.1 Å². The van der Waals surface area contributed by atoms with E-state index < -0.39 is 42.0 Å². The molecule has 2 unspecified atom stereocenters. The summed E-state index contributed by atoms with van der Waals surface area (Å²) in [6.07, 6.45) is -9.22. The standard InChI is InChI=1S/C21H15ClF6N2O/c1-10-17-15(6-5-14-18(17)13(22)8-16(31)29-14)30(9-20(23,24)25)19(10)11-3-2-4-12(7-11)21(26,27)28/h2-8,10,19H,9H2,1H3,(H,29,31). The molecule has 1 aliphatic rings. The first-order valence-corrected chi connectivity index (χ1v) is 9.60. The summed E-state index contributed by atoms with van der Waals surface area (Å²) in [6, 6.07) is 7.32. The number of rotatable bonds is 2. The van der Waals surface area contributed by atoms with Gasteiger partial charge in [0.25, 0.3) is 0 Å². The van der Waals surface area contributed by atoms with Gasteiger partial charge in [-0.25, -0.2) is 0 Å². The van der Waals surface area contributed by atoms with Crippen molar-refractivity contribution in [1.29, 1.82) is 0 Å². The molecule has 0 saturated heterocycles.